The van der Waals surface area contributed by atoms with Gasteiger partial charge in [0.25, 0.3) is 11.8 Å². The number of H-pyrrole nitrogens is 1. The zero-order valence-electron chi connectivity index (χ0n) is 22.2. The predicted molar refractivity (Wildman–Crippen MR) is 156 cm³/mol. The van der Waals surface area contributed by atoms with Crippen LogP contribution in [0.5, 0.6) is 0 Å². The number of imidazole rings is 1. The molecule has 0 bridgehead atoms. The van der Waals surface area contributed by atoms with Gasteiger partial charge in [0.2, 0.25) is 5.95 Å². The van der Waals surface area contributed by atoms with Gasteiger partial charge in [0.1, 0.15) is 5.52 Å². The molecule has 0 aliphatic heterocycles. The lowest BCUT2D eigenvalue weighted by molar-refractivity contribution is -0.137. The van der Waals surface area contributed by atoms with Gasteiger partial charge in [-0.1, -0.05) is 43.6 Å². The van der Waals surface area contributed by atoms with Gasteiger partial charge in [-0.15, -0.1) is 12.4 Å². The van der Waals surface area contributed by atoms with Crippen molar-refractivity contribution in [2.75, 3.05) is 22.6 Å². The summed E-state index contributed by atoms with van der Waals surface area (Å²) in [7, 11) is 0. The highest BCUT2D eigenvalue weighted by atomic mass is 35.5. The second-order valence-electron chi connectivity index (χ2n) is 9.55. The quantitative estimate of drug-likeness (QED) is 0.149. The van der Waals surface area contributed by atoms with E-state index >= 15 is 0 Å². The molecule has 4 rings (SSSR count). The van der Waals surface area contributed by atoms with E-state index in [4.69, 9.17) is 11.6 Å². The number of nitrogens with zero attached hydrogens (tertiary/aromatic N) is 1. The largest absolute Gasteiger partial charge is 0.417 e. The number of carbonyl (C=O) groups excluding carboxylic acids is 2. The first kappa shape index (κ1) is 31.7. The number of nitrogens with one attached hydrogen (secondary N) is 4. The molecule has 5 N–H and O–H groups in total. The summed E-state index contributed by atoms with van der Waals surface area (Å²) in [5, 5.41) is 18.5. The number of aliphatic hydroxyl groups is 1. The number of aromatic amines is 1. The standard InChI is InChI=1S/C28H27ClF3N5O3.ClH/c1-14(2)23(13-38)36-27-35-22-12-16(33-25(39)17-7-4-5-8-19(17)28(30,31)32)11-18(24(22)37-27)26(40)34-21-10-6-9-20(29)15(21)3;/h4-12,14,23,38H,13H2,1-3H3,(H,33,39)(H,34,40)(H2,35,36,37);1H/t23-;/m0./s1. The third-order valence-corrected chi connectivity index (χ3v) is 6.82. The molecule has 0 aliphatic rings. The van der Waals surface area contributed by atoms with Gasteiger partial charge in [0.05, 0.1) is 34.9 Å². The maximum Gasteiger partial charge on any atom is 0.417 e. The lowest BCUT2D eigenvalue weighted by Gasteiger charge is -2.18. The maximum atomic E-state index is 13.5. The zero-order chi connectivity index (χ0) is 29.2. The van der Waals surface area contributed by atoms with Gasteiger partial charge in [0, 0.05) is 16.4 Å². The van der Waals surface area contributed by atoms with Crippen molar-refractivity contribution in [2.24, 2.45) is 5.92 Å². The van der Waals surface area contributed by atoms with Crippen molar-refractivity contribution in [3.63, 3.8) is 0 Å². The number of rotatable bonds is 8. The van der Waals surface area contributed by atoms with Crippen LogP contribution >= 0.6 is 24.0 Å². The fourth-order valence-electron chi connectivity index (χ4n) is 4.09. The maximum absolute atomic E-state index is 13.5. The lowest BCUT2D eigenvalue weighted by Crippen LogP contribution is -2.29. The van der Waals surface area contributed by atoms with Crippen molar-refractivity contribution in [1.82, 2.24) is 9.97 Å². The minimum Gasteiger partial charge on any atom is -0.394 e. The van der Waals surface area contributed by atoms with E-state index in [-0.39, 0.29) is 53.7 Å². The highest BCUT2D eigenvalue weighted by Crippen LogP contribution is 2.33. The molecule has 3 aromatic carbocycles. The van der Waals surface area contributed by atoms with E-state index in [9.17, 15) is 27.9 Å². The molecule has 218 valence electrons. The molecule has 0 unspecified atom stereocenters. The fourth-order valence-corrected chi connectivity index (χ4v) is 4.26. The number of halogens is 5. The Balaban J connectivity index is 0.00000462. The molecule has 8 nitrogen and oxygen atoms in total. The van der Waals surface area contributed by atoms with Crippen LogP contribution in [0.3, 0.4) is 0 Å². The Morgan fingerprint density at radius 2 is 1.71 bits per heavy atom. The third kappa shape index (κ3) is 7.10. The summed E-state index contributed by atoms with van der Waals surface area (Å²) in [5.74, 6) is -1.26. The van der Waals surface area contributed by atoms with Gasteiger partial charge in [-0.25, -0.2) is 4.98 Å². The molecule has 1 aromatic heterocycles. The number of aliphatic hydroxyl groups excluding tert-OH is 1. The van der Waals surface area contributed by atoms with Crippen LogP contribution in [0.15, 0.2) is 54.6 Å². The van der Waals surface area contributed by atoms with Crippen LogP contribution in [-0.4, -0.2) is 39.5 Å². The lowest BCUT2D eigenvalue weighted by atomic mass is 10.1. The van der Waals surface area contributed by atoms with E-state index < -0.39 is 29.1 Å². The van der Waals surface area contributed by atoms with Crippen molar-refractivity contribution in [2.45, 2.75) is 33.0 Å². The molecular formula is C28H28Cl2F3N5O3. The van der Waals surface area contributed by atoms with E-state index in [2.05, 4.69) is 25.9 Å². The smallest absolute Gasteiger partial charge is 0.394 e. The van der Waals surface area contributed by atoms with E-state index in [1.807, 2.05) is 13.8 Å². The van der Waals surface area contributed by atoms with Crippen molar-refractivity contribution in [1.29, 1.82) is 0 Å². The SMILES string of the molecule is Cc1c(Cl)cccc1NC(=O)c1cc(NC(=O)c2ccccc2C(F)(F)F)cc2[nH]c(N[C@@H](CO)C(C)C)nc12.Cl. The fraction of sp³-hybridized carbons (Fsp3) is 0.250. The van der Waals surface area contributed by atoms with Crippen LogP contribution in [0.2, 0.25) is 5.02 Å². The molecule has 1 atom stereocenters. The Bertz CT molecular complexity index is 1570. The predicted octanol–water partition coefficient (Wildman–Crippen LogP) is 6.90. The van der Waals surface area contributed by atoms with Crippen LogP contribution in [0.1, 0.15) is 45.7 Å². The molecule has 0 radical (unpaired) electrons. The molecule has 41 heavy (non-hydrogen) atoms. The number of anilines is 3. The summed E-state index contributed by atoms with van der Waals surface area (Å²) in [6.07, 6.45) is -4.73. The summed E-state index contributed by atoms with van der Waals surface area (Å²) in [5.41, 5.74) is 0.130. The van der Waals surface area contributed by atoms with Crippen molar-refractivity contribution < 1.29 is 27.9 Å². The molecule has 0 spiro atoms. The second kappa shape index (κ2) is 12.8. The first-order valence-corrected chi connectivity index (χ1v) is 12.7. The molecule has 13 heteroatoms. The molecular weight excluding hydrogens is 582 g/mol. The minimum atomic E-state index is -4.73. The Kier molecular flexibility index (Phi) is 9.90. The van der Waals surface area contributed by atoms with Crippen molar-refractivity contribution >= 4 is 64.2 Å². The highest BCUT2D eigenvalue weighted by Gasteiger charge is 2.35. The summed E-state index contributed by atoms with van der Waals surface area (Å²) in [4.78, 5) is 33.9. The molecule has 0 saturated carbocycles. The monoisotopic (exact) mass is 609 g/mol. The number of benzene rings is 3. The van der Waals surface area contributed by atoms with Crippen LogP contribution in [0.25, 0.3) is 11.0 Å². The summed E-state index contributed by atoms with van der Waals surface area (Å²) >= 11 is 6.19. The van der Waals surface area contributed by atoms with E-state index in [0.29, 0.717) is 21.8 Å². The highest BCUT2D eigenvalue weighted by molar-refractivity contribution is 6.31. The van der Waals surface area contributed by atoms with Crippen LogP contribution in [0, 0.1) is 12.8 Å². The molecule has 0 saturated heterocycles. The number of carbonyl (C=O) groups is 2. The van der Waals surface area contributed by atoms with E-state index in [1.54, 1.807) is 25.1 Å². The molecule has 2 amide bonds. The Hall–Kier alpha value is -3.80. The van der Waals surface area contributed by atoms with Crippen molar-refractivity contribution in [3.8, 4) is 0 Å². The van der Waals surface area contributed by atoms with Crippen LogP contribution in [0.4, 0.5) is 30.5 Å². The third-order valence-electron chi connectivity index (χ3n) is 6.41. The summed E-state index contributed by atoms with van der Waals surface area (Å²) in [6, 6.07) is 11.9. The topological polar surface area (TPSA) is 119 Å². The number of aromatic nitrogens is 2. The number of fused-ring (bicyclic) bond motifs is 1. The van der Waals surface area contributed by atoms with Crippen molar-refractivity contribution in [3.05, 3.63) is 81.9 Å². The van der Waals surface area contributed by atoms with Gasteiger partial charge in [-0.05, 0) is 54.8 Å². The van der Waals surface area contributed by atoms with Gasteiger partial charge in [-0.2, -0.15) is 13.2 Å². The number of alkyl halides is 3. The van der Waals surface area contributed by atoms with E-state index in [1.165, 1.54) is 24.3 Å². The first-order valence-electron chi connectivity index (χ1n) is 12.3. The van der Waals surface area contributed by atoms with Gasteiger partial charge in [-0.3, -0.25) is 9.59 Å². The van der Waals surface area contributed by atoms with Crippen LogP contribution in [-0.2, 0) is 6.18 Å². The minimum absolute atomic E-state index is 0. The Morgan fingerprint density at radius 1 is 1.02 bits per heavy atom. The van der Waals surface area contributed by atoms with Gasteiger partial charge < -0.3 is 26.0 Å². The van der Waals surface area contributed by atoms with Gasteiger partial charge >= 0.3 is 6.18 Å². The average molecular weight is 610 g/mol. The number of hydrogen-bond acceptors (Lipinski definition) is 5. The zero-order valence-corrected chi connectivity index (χ0v) is 23.8. The summed E-state index contributed by atoms with van der Waals surface area (Å²) < 4.78 is 40.5. The Morgan fingerprint density at radius 3 is 2.37 bits per heavy atom. The second-order valence-corrected chi connectivity index (χ2v) is 9.95. The molecule has 0 fully saturated rings. The number of amides is 2. The molecule has 4 aromatic rings. The van der Waals surface area contributed by atoms with Crippen LogP contribution < -0.4 is 16.0 Å². The Labute approximate surface area is 245 Å². The van der Waals surface area contributed by atoms with Gasteiger partial charge in [0.15, 0.2) is 0 Å². The number of hydrogen-bond donors (Lipinski definition) is 5. The molecule has 1 heterocycles. The van der Waals surface area contributed by atoms with E-state index in [0.717, 1.165) is 12.1 Å². The molecule has 0 aliphatic carbocycles. The average Bonchev–Trinajstić information content (AvgIpc) is 3.31. The summed E-state index contributed by atoms with van der Waals surface area (Å²) in [6.45, 7) is 5.39. The normalized spacial score (nSPS) is 12.1. The first-order chi connectivity index (χ1) is 18.9.